The molecular formula is C25H22F3N3O2. The van der Waals surface area contributed by atoms with E-state index in [9.17, 15) is 13.6 Å². The highest BCUT2D eigenvalue weighted by molar-refractivity contribution is 6.38. The Kier molecular flexibility index (Phi) is 5.52. The van der Waals surface area contributed by atoms with Crippen molar-refractivity contribution in [2.24, 2.45) is 4.99 Å². The van der Waals surface area contributed by atoms with E-state index in [0.717, 1.165) is 23.2 Å². The Morgan fingerprint density at radius 1 is 1.18 bits per heavy atom. The number of nitrogens with zero attached hydrogens (tertiary/aromatic N) is 2. The number of nitrogens with one attached hydrogen (secondary N) is 1. The summed E-state index contributed by atoms with van der Waals surface area (Å²) in [5.74, 6) is -0.431. The third-order valence-corrected chi connectivity index (χ3v) is 6.39. The van der Waals surface area contributed by atoms with Crippen LogP contribution in [0.1, 0.15) is 47.6 Å². The first-order chi connectivity index (χ1) is 15.9. The molecule has 2 atom stereocenters. The molecule has 0 bridgehead atoms. The van der Waals surface area contributed by atoms with E-state index in [1.165, 1.54) is 13.0 Å². The van der Waals surface area contributed by atoms with Crippen LogP contribution < -0.4 is 10.1 Å². The SMILES string of the molecule is CC(=O)C1=NCC(c2ccc3c4c(nc-3cc2F)CCC4c2ccccc2OC(F)F)CN1. The highest BCUT2D eigenvalue weighted by Crippen LogP contribution is 2.47. The maximum absolute atomic E-state index is 15.2. The molecule has 0 fully saturated rings. The molecule has 2 aliphatic heterocycles. The second-order valence-electron chi connectivity index (χ2n) is 8.38. The van der Waals surface area contributed by atoms with Crippen molar-refractivity contribution >= 4 is 11.6 Å². The smallest absolute Gasteiger partial charge is 0.387 e. The van der Waals surface area contributed by atoms with Crippen molar-refractivity contribution in [1.82, 2.24) is 10.3 Å². The minimum atomic E-state index is -2.91. The lowest BCUT2D eigenvalue weighted by molar-refractivity contribution is -0.111. The van der Waals surface area contributed by atoms with Gasteiger partial charge >= 0.3 is 6.61 Å². The van der Waals surface area contributed by atoms with Crippen LogP contribution in [0.3, 0.4) is 0 Å². The normalized spacial score (nSPS) is 19.8. The first-order valence-corrected chi connectivity index (χ1v) is 10.9. The number of alkyl halides is 2. The van der Waals surface area contributed by atoms with Crippen LogP contribution in [0.15, 0.2) is 47.5 Å². The predicted octanol–water partition coefficient (Wildman–Crippen LogP) is 4.68. The molecule has 0 saturated heterocycles. The number of benzene rings is 1. The lowest BCUT2D eigenvalue weighted by Crippen LogP contribution is -2.38. The summed E-state index contributed by atoms with van der Waals surface area (Å²) in [5.41, 5.74) is 4.33. The van der Waals surface area contributed by atoms with E-state index in [1.54, 1.807) is 30.3 Å². The second kappa shape index (κ2) is 8.50. The van der Waals surface area contributed by atoms with Crippen molar-refractivity contribution in [3.63, 3.8) is 0 Å². The standard InChI is InChI=1S/C25H22F3N3O2/c1-13(32)24-29-11-14(12-30-24)15-6-7-18-21(10-19(15)26)31-20-9-8-17(23(18)20)16-4-2-3-5-22(16)33-25(27)28/h2-7,10,14,17,25H,8-9,11-12H2,1H3,(H,29,30). The molecule has 2 unspecified atom stereocenters. The summed E-state index contributed by atoms with van der Waals surface area (Å²) in [4.78, 5) is 20.4. The topological polar surface area (TPSA) is 63.6 Å². The minimum absolute atomic E-state index is 0.145. The third-order valence-electron chi connectivity index (χ3n) is 6.39. The highest BCUT2D eigenvalue weighted by Gasteiger charge is 2.33. The first kappa shape index (κ1) is 21.4. The molecule has 0 radical (unpaired) electrons. The number of fused-ring (bicyclic) bond motifs is 3. The van der Waals surface area contributed by atoms with Crippen LogP contribution in [0.2, 0.25) is 0 Å². The number of hydrogen-bond donors (Lipinski definition) is 1. The number of Topliss-reactive ketones (excluding diaryl/α,β-unsaturated/α-hetero) is 1. The molecule has 5 rings (SSSR count). The van der Waals surface area contributed by atoms with E-state index in [0.29, 0.717) is 42.2 Å². The molecule has 1 aromatic rings. The fourth-order valence-electron chi connectivity index (χ4n) is 4.91. The number of aliphatic imine (C=N–C) groups is 1. The quantitative estimate of drug-likeness (QED) is 0.610. The Morgan fingerprint density at radius 3 is 2.73 bits per heavy atom. The van der Waals surface area contributed by atoms with Crippen LogP contribution >= 0.6 is 0 Å². The van der Waals surface area contributed by atoms with E-state index in [1.807, 2.05) is 6.07 Å². The zero-order valence-corrected chi connectivity index (χ0v) is 17.9. The molecule has 0 spiro atoms. The largest absolute Gasteiger partial charge is 0.435 e. The zero-order chi connectivity index (χ0) is 23.1. The number of ether oxygens (including phenoxy) is 1. The van der Waals surface area contributed by atoms with Gasteiger partial charge in [0.15, 0.2) is 11.6 Å². The monoisotopic (exact) mass is 453 g/mol. The average Bonchev–Trinajstić information content (AvgIpc) is 3.29. The van der Waals surface area contributed by atoms with Gasteiger partial charge in [-0.2, -0.15) is 8.78 Å². The summed E-state index contributed by atoms with van der Waals surface area (Å²) in [6.45, 7) is -0.739. The Labute approximate surface area is 189 Å². The van der Waals surface area contributed by atoms with Crippen molar-refractivity contribution < 1.29 is 22.7 Å². The molecule has 170 valence electrons. The lowest BCUT2D eigenvalue weighted by Gasteiger charge is -2.22. The Balaban J connectivity index is 1.53. The zero-order valence-electron chi connectivity index (χ0n) is 17.9. The summed E-state index contributed by atoms with van der Waals surface area (Å²) >= 11 is 0. The van der Waals surface area contributed by atoms with Crippen molar-refractivity contribution in [3.05, 3.63) is 70.7 Å². The third kappa shape index (κ3) is 3.94. The van der Waals surface area contributed by atoms with Crippen LogP contribution in [0.25, 0.3) is 11.3 Å². The predicted molar refractivity (Wildman–Crippen MR) is 118 cm³/mol. The van der Waals surface area contributed by atoms with Gasteiger partial charge in [0.2, 0.25) is 0 Å². The van der Waals surface area contributed by atoms with Crippen molar-refractivity contribution in [3.8, 4) is 17.0 Å². The molecule has 4 aliphatic rings. The molecule has 2 heterocycles. The average molecular weight is 453 g/mol. The fourth-order valence-corrected chi connectivity index (χ4v) is 4.91. The van der Waals surface area contributed by atoms with Crippen molar-refractivity contribution in [2.75, 3.05) is 13.1 Å². The molecule has 1 N–H and O–H groups in total. The summed E-state index contributed by atoms with van der Waals surface area (Å²) < 4.78 is 45.9. The molecule has 2 aliphatic carbocycles. The van der Waals surface area contributed by atoms with Gasteiger partial charge in [-0.25, -0.2) is 4.39 Å². The number of carbonyl (C=O) groups excluding carboxylic acids is 1. The molecule has 0 amide bonds. The van der Waals surface area contributed by atoms with Crippen LogP contribution in [0, 0.1) is 5.82 Å². The van der Waals surface area contributed by atoms with E-state index in [2.05, 4.69) is 15.3 Å². The van der Waals surface area contributed by atoms with Gasteiger partial charge in [0.05, 0.1) is 12.2 Å². The summed E-state index contributed by atoms with van der Waals surface area (Å²) in [6.07, 6.45) is 1.41. The molecule has 1 aromatic carbocycles. The van der Waals surface area contributed by atoms with Crippen LogP contribution in [-0.2, 0) is 11.2 Å². The van der Waals surface area contributed by atoms with Crippen LogP contribution in [-0.4, -0.2) is 36.3 Å². The van der Waals surface area contributed by atoms with Gasteiger partial charge in [-0.15, -0.1) is 0 Å². The maximum atomic E-state index is 15.2. The molecule has 5 nitrogen and oxygen atoms in total. The number of aryl methyl sites for hydroxylation is 1. The van der Waals surface area contributed by atoms with Gasteiger partial charge in [-0.05, 0) is 30.0 Å². The van der Waals surface area contributed by atoms with Crippen molar-refractivity contribution in [2.45, 2.75) is 38.2 Å². The van der Waals surface area contributed by atoms with Gasteiger partial charge in [-0.3, -0.25) is 14.8 Å². The molecule has 8 heteroatoms. The molecule has 0 saturated carbocycles. The fraction of sp³-hybridized carbons (Fsp3) is 0.320. The number of ketones is 1. The van der Waals surface area contributed by atoms with Gasteiger partial charge in [0, 0.05) is 48.2 Å². The summed E-state index contributed by atoms with van der Waals surface area (Å²) in [6, 6.07) is 11.8. The number of para-hydroxylation sites is 1. The Bertz CT molecular complexity index is 1230. The number of aromatic nitrogens is 1. The molecule has 0 aromatic heterocycles. The van der Waals surface area contributed by atoms with Crippen LogP contribution in [0.5, 0.6) is 5.75 Å². The molecular weight excluding hydrogens is 431 g/mol. The Hall–Kier alpha value is -3.42. The summed E-state index contributed by atoms with van der Waals surface area (Å²) in [5, 5.41) is 2.97. The van der Waals surface area contributed by atoms with E-state index in [4.69, 9.17) is 4.74 Å². The maximum Gasteiger partial charge on any atom is 0.387 e. The van der Waals surface area contributed by atoms with E-state index < -0.39 is 6.61 Å². The van der Waals surface area contributed by atoms with E-state index in [-0.39, 0.29) is 29.2 Å². The van der Waals surface area contributed by atoms with Gasteiger partial charge in [0.25, 0.3) is 0 Å². The number of hydrogen-bond acceptors (Lipinski definition) is 5. The number of rotatable bonds is 5. The number of amidine groups is 1. The van der Waals surface area contributed by atoms with Crippen LogP contribution in [0.4, 0.5) is 13.2 Å². The molecule has 33 heavy (non-hydrogen) atoms. The lowest BCUT2D eigenvalue weighted by atomic mass is 9.90. The Morgan fingerprint density at radius 2 is 2.00 bits per heavy atom. The van der Waals surface area contributed by atoms with Gasteiger partial charge < -0.3 is 10.1 Å². The second-order valence-corrected chi connectivity index (χ2v) is 8.38. The van der Waals surface area contributed by atoms with E-state index >= 15 is 4.39 Å². The van der Waals surface area contributed by atoms with Crippen molar-refractivity contribution in [1.29, 1.82) is 0 Å². The number of halogens is 3. The summed E-state index contributed by atoms with van der Waals surface area (Å²) in [7, 11) is 0. The minimum Gasteiger partial charge on any atom is -0.435 e. The first-order valence-electron chi connectivity index (χ1n) is 10.9. The van der Waals surface area contributed by atoms with Gasteiger partial charge in [0.1, 0.15) is 11.6 Å². The number of carbonyl (C=O) groups is 1. The van der Waals surface area contributed by atoms with Gasteiger partial charge in [-0.1, -0.05) is 30.3 Å². The highest BCUT2D eigenvalue weighted by atomic mass is 19.3.